The maximum atomic E-state index is 12.9. The fourth-order valence-electron chi connectivity index (χ4n) is 2.82. The number of methoxy groups -OCH3 is 1. The van der Waals surface area contributed by atoms with E-state index < -0.39 is 5.97 Å². The largest absolute Gasteiger partial charge is 0.497 e. The van der Waals surface area contributed by atoms with E-state index in [1.54, 1.807) is 50.4 Å². The molecule has 0 aliphatic rings. The minimum atomic E-state index is -0.540. The number of carbonyl (C=O) groups is 1. The standard InChI is InChI=1S/C23H22O7/c1-4-10-28-17-11-20(29-14-22(25)27-5-2)23-18(24)13-19(30-21(23)12-17)15-6-8-16(26-3)9-7-15/h4,6-9,11-13H,1,5,10,14H2,2-3H3. The average molecular weight is 410 g/mol. The Hall–Kier alpha value is -3.74. The number of hydrogen-bond acceptors (Lipinski definition) is 7. The zero-order valence-corrected chi connectivity index (χ0v) is 16.8. The zero-order valence-electron chi connectivity index (χ0n) is 16.8. The van der Waals surface area contributed by atoms with Crippen LogP contribution >= 0.6 is 0 Å². The van der Waals surface area contributed by atoms with E-state index >= 15 is 0 Å². The first-order valence-corrected chi connectivity index (χ1v) is 9.34. The molecule has 0 bridgehead atoms. The summed E-state index contributed by atoms with van der Waals surface area (Å²) in [7, 11) is 1.58. The van der Waals surface area contributed by atoms with Gasteiger partial charge in [0.05, 0.1) is 13.7 Å². The Morgan fingerprint density at radius 1 is 1.10 bits per heavy atom. The lowest BCUT2D eigenvalue weighted by Gasteiger charge is -2.12. The molecule has 0 saturated carbocycles. The molecule has 0 radical (unpaired) electrons. The van der Waals surface area contributed by atoms with Gasteiger partial charge in [0.2, 0.25) is 0 Å². The van der Waals surface area contributed by atoms with Gasteiger partial charge in [0.15, 0.2) is 12.0 Å². The molecule has 0 atom stereocenters. The molecule has 2 aromatic carbocycles. The summed E-state index contributed by atoms with van der Waals surface area (Å²) >= 11 is 0. The maximum absolute atomic E-state index is 12.9. The molecule has 0 aliphatic carbocycles. The van der Waals surface area contributed by atoms with Crippen molar-refractivity contribution >= 4 is 16.9 Å². The lowest BCUT2D eigenvalue weighted by Crippen LogP contribution is -2.15. The lowest BCUT2D eigenvalue weighted by atomic mass is 10.1. The van der Waals surface area contributed by atoms with Crippen LogP contribution in [0.2, 0.25) is 0 Å². The molecule has 3 aromatic rings. The van der Waals surface area contributed by atoms with Gasteiger partial charge in [0, 0.05) is 23.8 Å². The van der Waals surface area contributed by atoms with Crippen molar-refractivity contribution in [1.82, 2.24) is 0 Å². The van der Waals surface area contributed by atoms with Crippen molar-refractivity contribution < 1.29 is 28.2 Å². The molecule has 7 heteroatoms. The third-order valence-corrected chi connectivity index (χ3v) is 4.16. The summed E-state index contributed by atoms with van der Waals surface area (Å²) in [5, 5.41) is 0.211. The second-order valence-corrected chi connectivity index (χ2v) is 6.19. The van der Waals surface area contributed by atoms with Crippen molar-refractivity contribution in [3.8, 4) is 28.6 Å². The van der Waals surface area contributed by atoms with E-state index in [-0.39, 0.29) is 42.0 Å². The molecule has 156 valence electrons. The fourth-order valence-corrected chi connectivity index (χ4v) is 2.82. The first-order valence-electron chi connectivity index (χ1n) is 9.34. The van der Waals surface area contributed by atoms with Crippen LogP contribution in [-0.2, 0) is 9.53 Å². The summed E-state index contributed by atoms with van der Waals surface area (Å²) in [6.45, 7) is 5.47. The highest BCUT2D eigenvalue weighted by molar-refractivity contribution is 5.87. The van der Waals surface area contributed by atoms with Gasteiger partial charge < -0.3 is 23.4 Å². The Bertz CT molecular complexity index is 1100. The van der Waals surface area contributed by atoms with Crippen molar-refractivity contribution in [2.75, 3.05) is 26.9 Å². The van der Waals surface area contributed by atoms with Gasteiger partial charge in [-0.1, -0.05) is 12.7 Å². The molecule has 0 unspecified atom stereocenters. The minimum Gasteiger partial charge on any atom is -0.497 e. The van der Waals surface area contributed by atoms with Crippen LogP contribution in [0.1, 0.15) is 6.92 Å². The lowest BCUT2D eigenvalue weighted by molar-refractivity contribution is -0.145. The third-order valence-electron chi connectivity index (χ3n) is 4.16. The zero-order chi connectivity index (χ0) is 21.5. The number of carbonyl (C=O) groups excluding carboxylic acids is 1. The number of fused-ring (bicyclic) bond motifs is 1. The van der Waals surface area contributed by atoms with Gasteiger partial charge in [-0.3, -0.25) is 4.79 Å². The maximum Gasteiger partial charge on any atom is 0.344 e. The van der Waals surface area contributed by atoms with Crippen molar-refractivity contribution in [1.29, 1.82) is 0 Å². The van der Waals surface area contributed by atoms with Crippen LogP contribution in [0.25, 0.3) is 22.3 Å². The summed E-state index contributed by atoms with van der Waals surface area (Å²) in [5.74, 6) is 1.12. The number of benzene rings is 2. The van der Waals surface area contributed by atoms with Crippen LogP contribution in [0.15, 0.2) is 64.3 Å². The molecule has 0 spiro atoms. The molecule has 0 aliphatic heterocycles. The van der Waals surface area contributed by atoms with Gasteiger partial charge in [-0.05, 0) is 31.2 Å². The predicted molar refractivity (Wildman–Crippen MR) is 112 cm³/mol. The van der Waals surface area contributed by atoms with E-state index in [2.05, 4.69) is 6.58 Å². The number of rotatable bonds is 9. The van der Waals surface area contributed by atoms with Crippen molar-refractivity contribution in [3.63, 3.8) is 0 Å². The Morgan fingerprint density at radius 2 is 1.87 bits per heavy atom. The summed E-state index contributed by atoms with van der Waals surface area (Å²) < 4.78 is 27.1. The van der Waals surface area contributed by atoms with Crippen LogP contribution < -0.4 is 19.6 Å². The molecular weight excluding hydrogens is 388 g/mol. The third kappa shape index (κ3) is 4.81. The quantitative estimate of drug-likeness (QED) is 0.390. The topological polar surface area (TPSA) is 84.2 Å². The number of ether oxygens (including phenoxy) is 4. The van der Waals surface area contributed by atoms with Crippen LogP contribution in [-0.4, -0.2) is 32.9 Å². The molecule has 1 aromatic heterocycles. The molecule has 3 rings (SSSR count). The van der Waals surface area contributed by atoms with Crippen molar-refractivity contribution in [3.05, 3.63) is 65.3 Å². The molecule has 0 amide bonds. The first-order chi connectivity index (χ1) is 14.5. The molecule has 0 saturated heterocycles. The SMILES string of the molecule is C=CCOc1cc(OCC(=O)OCC)c2c(=O)cc(-c3ccc(OC)cc3)oc2c1. The molecule has 0 N–H and O–H groups in total. The Balaban J connectivity index is 2.06. The molecule has 1 heterocycles. The van der Waals surface area contributed by atoms with E-state index in [1.807, 2.05) is 0 Å². The second kappa shape index (κ2) is 9.65. The molecule has 7 nitrogen and oxygen atoms in total. The number of hydrogen-bond donors (Lipinski definition) is 0. The van der Waals surface area contributed by atoms with E-state index in [9.17, 15) is 9.59 Å². The van der Waals surface area contributed by atoms with Crippen molar-refractivity contribution in [2.24, 2.45) is 0 Å². The van der Waals surface area contributed by atoms with E-state index in [1.165, 1.54) is 12.1 Å². The summed E-state index contributed by atoms with van der Waals surface area (Å²) in [5.41, 5.74) is 0.672. The molecule has 0 fully saturated rings. The van der Waals surface area contributed by atoms with E-state index in [4.69, 9.17) is 23.4 Å². The smallest absolute Gasteiger partial charge is 0.344 e. The van der Waals surface area contributed by atoms with Gasteiger partial charge in [-0.2, -0.15) is 0 Å². The summed E-state index contributed by atoms with van der Waals surface area (Å²) in [6.07, 6.45) is 1.59. The average Bonchev–Trinajstić information content (AvgIpc) is 2.76. The summed E-state index contributed by atoms with van der Waals surface area (Å²) in [6, 6.07) is 11.7. The highest BCUT2D eigenvalue weighted by Gasteiger charge is 2.16. The van der Waals surface area contributed by atoms with E-state index in [0.29, 0.717) is 22.8 Å². The second-order valence-electron chi connectivity index (χ2n) is 6.19. The Kier molecular flexibility index (Phi) is 6.75. The molecule has 30 heavy (non-hydrogen) atoms. The highest BCUT2D eigenvalue weighted by Crippen LogP contribution is 2.32. The van der Waals surface area contributed by atoms with Gasteiger partial charge in [0.1, 0.15) is 40.6 Å². The van der Waals surface area contributed by atoms with Crippen molar-refractivity contribution in [2.45, 2.75) is 6.92 Å². The van der Waals surface area contributed by atoms with Crippen LogP contribution in [0.3, 0.4) is 0 Å². The van der Waals surface area contributed by atoms with Crippen LogP contribution in [0.4, 0.5) is 0 Å². The van der Waals surface area contributed by atoms with Crippen LogP contribution in [0.5, 0.6) is 17.2 Å². The minimum absolute atomic E-state index is 0.176. The normalized spacial score (nSPS) is 10.5. The summed E-state index contributed by atoms with van der Waals surface area (Å²) in [4.78, 5) is 24.6. The highest BCUT2D eigenvalue weighted by atomic mass is 16.6. The van der Waals surface area contributed by atoms with Gasteiger partial charge in [-0.15, -0.1) is 0 Å². The Labute approximate surface area is 173 Å². The monoisotopic (exact) mass is 410 g/mol. The van der Waals surface area contributed by atoms with Crippen LogP contribution in [0, 0.1) is 0 Å². The van der Waals surface area contributed by atoms with Gasteiger partial charge in [-0.25, -0.2) is 4.79 Å². The fraction of sp³-hybridized carbons (Fsp3) is 0.217. The Morgan fingerprint density at radius 3 is 2.53 bits per heavy atom. The predicted octanol–water partition coefficient (Wildman–Crippen LogP) is 3.98. The van der Waals surface area contributed by atoms with Gasteiger partial charge >= 0.3 is 5.97 Å². The first kappa shape index (κ1) is 21.0. The molecular formula is C23H22O7. The van der Waals surface area contributed by atoms with Gasteiger partial charge in [0.25, 0.3) is 0 Å². The number of esters is 1. The van der Waals surface area contributed by atoms with E-state index in [0.717, 1.165) is 0 Å².